The molecule has 0 aliphatic heterocycles. The minimum Gasteiger partial charge on any atom is -0.508 e. The van der Waals surface area contributed by atoms with Crippen LogP contribution in [-0.4, -0.2) is 20.0 Å². The van der Waals surface area contributed by atoms with Crippen LogP contribution in [0, 0.1) is 0 Å². The second kappa shape index (κ2) is 6.22. The zero-order valence-electron chi connectivity index (χ0n) is 11.8. The maximum Gasteiger partial charge on any atom is 0.116 e. The summed E-state index contributed by atoms with van der Waals surface area (Å²) in [7, 11) is 0. The molecule has 0 aliphatic carbocycles. The van der Waals surface area contributed by atoms with Crippen LogP contribution in [0.3, 0.4) is 0 Å². The number of halogens is 1. The molecule has 0 atom stereocenters. The molecule has 0 saturated carbocycles. The molecule has 3 rings (SSSR count). The Kier molecular flexibility index (Phi) is 4.13. The summed E-state index contributed by atoms with van der Waals surface area (Å²) in [6.07, 6.45) is 0. The summed E-state index contributed by atoms with van der Waals surface area (Å²) < 4.78 is 1.78. The quantitative estimate of drug-likeness (QED) is 0.775. The summed E-state index contributed by atoms with van der Waals surface area (Å²) in [5, 5.41) is 24.1. The normalized spacial score (nSPS) is 10.8. The van der Waals surface area contributed by atoms with Gasteiger partial charge in [-0.1, -0.05) is 41.9 Å². The Morgan fingerprint density at radius 3 is 2.59 bits per heavy atom. The fourth-order valence-corrected chi connectivity index (χ4v) is 2.55. The van der Waals surface area contributed by atoms with E-state index in [1.54, 1.807) is 22.9 Å². The van der Waals surface area contributed by atoms with Crippen LogP contribution < -0.4 is 0 Å². The number of aromatic hydroxyl groups is 1. The van der Waals surface area contributed by atoms with Crippen LogP contribution >= 0.6 is 11.6 Å². The molecular weight excluding hydrogens is 300 g/mol. The number of nitrogens with zero attached hydrogens (tertiary/aromatic N) is 2. The van der Waals surface area contributed by atoms with E-state index in [2.05, 4.69) is 5.10 Å². The lowest BCUT2D eigenvalue weighted by molar-refractivity contribution is 0.275. The molecule has 3 aromatic rings. The topological polar surface area (TPSA) is 58.3 Å². The molecule has 5 heteroatoms. The van der Waals surface area contributed by atoms with Crippen LogP contribution in [0.15, 0.2) is 54.6 Å². The van der Waals surface area contributed by atoms with E-state index in [9.17, 15) is 10.2 Å². The van der Waals surface area contributed by atoms with E-state index in [4.69, 9.17) is 11.6 Å². The van der Waals surface area contributed by atoms with Crippen LogP contribution in [0.2, 0.25) is 5.02 Å². The van der Waals surface area contributed by atoms with Gasteiger partial charge < -0.3 is 10.2 Å². The molecule has 0 bridgehead atoms. The first-order valence-corrected chi connectivity index (χ1v) is 7.25. The first-order chi connectivity index (χ1) is 10.7. The van der Waals surface area contributed by atoms with Gasteiger partial charge in [0.25, 0.3) is 0 Å². The van der Waals surface area contributed by atoms with E-state index in [0.717, 1.165) is 16.8 Å². The highest BCUT2D eigenvalue weighted by atomic mass is 35.5. The van der Waals surface area contributed by atoms with Crippen molar-refractivity contribution in [1.82, 2.24) is 9.78 Å². The van der Waals surface area contributed by atoms with Crippen LogP contribution in [0.4, 0.5) is 0 Å². The van der Waals surface area contributed by atoms with Gasteiger partial charge >= 0.3 is 0 Å². The molecule has 0 spiro atoms. The Hall–Kier alpha value is -2.30. The van der Waals surface area contributed by atoms with Gasteiger partial charge in [0.15, 0.2) is 0 Å². The highest BCUT2D eigenvalue weighted by Crippen LogP contribution is 2.26. The number of aromatic nitrogens is 2. The summed E-state index contributed by atoms with van der Waals surface area (Å²) in [5.41, 5.74) is 3.17. The van der Waals surface area contributed by atoms with Crippen molar-refractivity contribution < 1.29 is 10.2 Å². The van der Waals surface area contributed by atoms with Gasteiger partial charge in [0.1, 0.15) is 5.75 Å². The summed E-state index contributed by atoms with van der Waals surface area (Å²) in [6.45, 7) is 0.353. The molecule has 1 aromatic heterocycles. The van der Waals surface area contributed by atoms with Crippen LogP contribution in [0.1, 0.15) is 11.3 Å². The molecule has 22 heavy (non-hydrogen) atoms. The maximum atomic E-state index is 9.66. The van der Waals surface area contributed by atoms with E-state index in [0.29, 0.717) is 17.3 Å². The van der Waals surface area contributed by atoms with E-state index >= 15 is 0 Å². The largest absolute Gasteiger partial charge is 0.508 e. The van der Waals surface area contributed by atoms with E-state index in [-0.39, 0.29) is 12.4 Å². The average Bonchev–Trinajstić information content (AvgIpc) is 2.93. The van der Waals surface area contributed by atoms with Crippen molar-refractivity contribution in [2.45, 2.75) is 13.2 Å². The standard InChI is InChI=1S/C17H15ClN2O2/c18-16-7-2-1-4-13(16)10-20-17(9-14(11-21)19-20)12-5-3-6-15(22)8-12/h1-9,21-22H,10-11H2. The van der Waals surface area contributed by atoms with Gasteiger partial charge in [-0.2, -0.15) is 5.10 Å². The third-order valence-electron chi connectivity index (χ3n) is 3.41. The lowest BCUT2D eigenvalue weighted by Gasteiger charge is -2.09. The number of benzene rings is 2. The number of aliphatic hydroxyl groups excluding tert-OH is 1. The Labute approximate surface area is 133 Å². The number of hydrogen-bond acceptors (Lipinski definition) is 3. The smallest absolute Gasteiger partial charge is 0.116 e. The summed E-state index contributed by atoms with van der Waals surface area (Å²) in [4.78, 5) is 0. The monoisotopic (exact) mass is 314 g/mol. The predicted molar refractivity (Wildman–Crippen MR) is 85.8 cm³/mol. The first-order valence-electron chi connectivity index (χ1n) is 6.88. The average molecular weight is 315 g/mol. The minimum absolute atomic E-state index is 0.138. The van der Waals surface area contributed by atoms with Crippen molar-refractivity contribution in [2.75, 3.05) is 0 Å². The van der Waals surface area contributed by atoms with Gasteiger partial charge in [0.2, 0.25) is 0 Å². The van der Waals surface area contributed by atoms with Gasteiger partial charge in [-0.25, -0.2) is 0 Å². The first kappa shape index (κ1) is 14.6. The number of rotatable bonds is 4. The molecule has 0 saturated heterocycles. The highest BCUT2D eigenvalue weighted by Gasteiger charge is 2.12. The lowest BCUT2D eigenvalue weighted by Crippen LogP contribution is -2.05. The molecule has 0 amide bonds. The summed E-state index contributed by atoms with van der Waals surface area (Å²) in [6, 6.07) is 16.3. The number of aliphatic hydroxyl groups is 1. The molecular formula is C17H15ClN2O2. The van der Waals surface area contributed by atoms with Gasteiger partial charge in [-0.3, -0.25) is 4.68 Å². The highest BCUT2D eigenvalue weighted by molar-refractivity contribution is 6.31. The van der Waals surface area contributed by atoms with Crippen LogP contribution in [-0.2, 0) is 13.2 Å². The Morgan fingerprint density at radius 1 is 1.05 bits per heavy atom. The van der Waals surface area contributed by atoms with Crippen molar-refractivity contribution in [3.05, 3.63) is 70.9 Å². The molecule has 1 heterocycles. The Balaban J connectivity index is 2.04. The number of hydrogen-bond donors (Lipinski definition) is 2. The molecule has 112 valence electrons. The van der Waals surface area contributed by atoms with E-state index in [1.807, 2.05) is 36.4 Å². The van der Waals surface area contributed by atoms with Crippen LogP contribution in [0.25, 0.3) is 11.3 Å². The van der Waals surface area contributed by atoms with E-state index in [1.165, 1.54) is 0 Å². The van der Waals surface area contributed by atoms with Crippen molar-refractivity contribution in [1.29, 1.82) is 0 Å². The van der Waals surface area contributed by atoms with E-state index < -0.39 is 0 Å². The van der Waals surface area contributed by atoms with Crippen LogP contribution in [0.5, 0.6) is 5.75 Å². The van der Waals surface area contributed by atoms with Crippen molar-refractivity contribution >= 4 is 11.6 Å². The summed E-state index contributed by atoms with van der Waals surface area (Å²) in [5.74, 6) is 0.188. The summed E-state index contributed by atoms with van der Waals surface area (Å²) >= 11 is 6.21. The molecule has 0 fully saturated rings. The third-order valence-corrected chi connectivity index (χ3v) is 3.78. The zero-order chi connectivity index (χ0) is 15.5. The SMILES string of the molecule is OCc1cc(-c2cccc(O)c2)n(Cc2ccccc2Cl)n1. The number of phenols is 1. The lowest BCUT2D eigenvalue weighted by atomic mass is 10.1. The third kappa shape index (κ3) is 2.98. The minimum atomic E-state index is -0.138. The Bertz CT molecular complexity index is 799. The van der Waals surface area contributed by atoms with Crippen molar-refractivity contribution in [3.63, 3.8) is 0 Å². The van der Waals surface area contributed by atoms with Gasteiger partial charge in [-0.05, 0) is 29.8 Å². The fraction of sp³-hybridized carbons (Fsp3) is 0.118. The van der Waals surface area contributed by atoms with Gasteiger partial charge in [0.05, 0.1) is 24.5 Å². The second-order valence-electron chi connectivity index (χ2n) is 4.98. The van der Waals surface area contributed by atoms with Gasteiger partial charge in [0, 0.05) is 10.6 Å². The molecule has 4 nitrogen and oxygen atoms in total. The molecule has 0 unspecified atom stereocenters. The maximum absolute atomic E-state index is 9.66. The zero-order valence-corrected chi connectivity index (χ0v) is 12.5. The second-order valence-corrected chi connectivity index (χ2v) is 5.39. The molecule has 2 N–H and O–H groups in total. The van der Waals surface area contributed by atoms with Gasteiger partial charge in [-0.15, -0.1) is 0 Å². The molecule has 0 aliphatic rings. The molecule has 0 radical (unpaired) electrons. The van der Waals surface area contributed by atoms with Crippen molar-refractivity contribution in [3.8, 4) is 17.0 Å². The molecule has 2 aromatic carbocycles. The Morgan fingerprint density at radius 2 is 1.86 bits per heavy atom. The fourth-order valence-electron chi connectivity index (χ4n) is 2.35. The predicted octanol–water partition coefficient (Wildman–Crippen LogP) is 3.45. The number of phenolic OH excluding ortho intramolecular Hbond substituents is 1. The van der Waals surface area contributed by atoms with Crippen molar-refractivity contribution in [2.24, 2.45) is 0 Å².